The summed E-state index contributed by atoms with van der Waals surface area (Å²) in [7, 11) is 0. The Morgan fingerprint density at radius 3 is 2.96 bits per heavy atom. The molecule has 1 N–H and O–H groups in total. The lowest BCUT2D eigenvalue weighted by atomic mass is 10.1. The second-order valence-electron chi connectivity index (χ2n) is 5.60. The average molecular weight is 326 g/mol. The van der Waals surface area contributed by atoms with E-state index in [9.17, 15) is 4.79 Å². The molecule has 24 heavy (non-hydrogen) atoms. The first-order chi connectivity index (χ1) is 11.7. The predicted octanol–water partition coefficient (Wildman–Crippen LogP) is 1.81. The van der Waals surface area contributed by atoms with Gasteiger partial charge in [0.2, 0.25) is 0 Å². The molecule has 1 aromatic carbocycles. The van der Waals surface area contributed by atoms with E-state index in [4.69, 9.17) is 14.7 Å². The highest BCUT2D eigenvalue weighted by molar-refractivity contribution is 5.91. The molecule has 7 heteroatoms. The fraction of sp³-hybridized carbons (Fsp3) is 0.353. The van der Waals surface area contributed by atoms with Crippen LogP contribution in [-0.2, 0) is 16.1 Å². The first-order valence-electron chi connectivity index (χ1n) is 7.77. The number of nitrogens with zero attached hydrogens (tertiary/aromatic N) is 3. The molecule has 1 aliphatic heterocycles. The lowest BCUT2D eigenvalue weighted by Gasteiger charge is -2.12. The molecule has 1 fully saturated rings. The summed E-state index contributed by atoms with van der Waals surface area (Å²) in [6, 6.07) is 10.4. The summed E-state index contributed by atoms with van der Waals surface area (Å²) in [5, 5.41) is 15.8. The lowest BCUT2D eigenvalue weighted by Crippen LogP contribution is -2.23. The monoisotopic (exact) mass is 326 g/mol. The molecule has 3 rings (SSSR count). The molecule has 1 saturated heterocycles. The normalized spacial score (nSPS) is 16.5. The highest BCUT2D eigenvalue weighted by atomic mass is 16.5. The molecule has 7 nitrogen and oxygen atoms in total. The van der Waals surface area contributed by atoms with Gasteiger partial charge in [-0.1, -0.05) is 0 Å². The number of aromatic nitrogens is 2. The number of hydrogen-bond donors (Lipinski definition) is 1. The van der Waals surface area contributed by atoms with Gasteiger partial charge in [-0.15, -0.1) is 0 Å². The van der Waals surface area contributed by atoms with E-state index in [1.54, 1.807) is 41.2 Å². The summed E-state index contributed by atoms with van der Waals surface area (Å²) >= 11 is 0. The smallest absolute Gasteiger partial charge is 0.263 e. The molecule has 0 bridgehead atoms. The van der Waals surface area contributed by atoms with E-state index in [-0.39, 0.29) is 12.5 Å². The quantitative estimate of drug-likeness (QED) is 0.874. The molecule has 124 valence electrons. The van der Waals surface area contributed by atoms with E-state index in [1.165, 1.54) is 0 Å². The molecular formula is C17H18N4O3. The van der Waals surface area contributed by atoms with Crippen LogP contribution in [0.2, 0.25) is 0 Å². The Morgan fingerprint density at radius 2 is 2.25 bits per heavy atom. The third-order valence-corrected chi connectivity index (χ3v) is 3.79. The van der Waals surface area contributed by atoms with Crippen molar-refractivity contribution in [2.24, 2.45) is 5.92 Å². The van der Waals surface area contributed by atoms with Crippen molar-refractivity contribution in [3.63, 3.8) is 0 Å². The number of amides is 1. The number of carbonyl (C=O) groups excluding carboxylic acids is 1. The van der Waals surface area contributed by atoms with Gasteiger partial charge < -0.3 is 14.8 Å². The maximum atomic E-state index is 12.0. The molecule has 1 unspecified atom stereocenters. The number of carbonyl (C=O) groups is 1. The van der Waals surface area contributed by atoms with Gasteiger partial charge in [0.1, 0.15) is 11.6 Å². The zero-order valence-electron chi connectivity index (χ0n) is 13.1. The van der Waals surface area contributed by atoms with Gasteiger partial charge in [0.05, 0.1) is 24.4 Å². The molecule has 1 aromatic heterocycles. The Morgan fingerprint density at radius 1 is 1.42 bits per heavy atom. The number of anilines is 1. The van der Waals surface area contributed by atoms with Crippen LogP contribution >= 0.6 is 0 Å². The lowest BCUT2D eigenvalue weighted by molar-refractivity contribution is -0.118. The Bertz CT molecular complexity index is 727. The topological polar surface area (TPSA) is 89.2 Å². The number of rotatable bonds is 6. The standard InChI is InChI=1S/C17H18N4O3/c18-9-13-1-3-15(4-2-13)24-12-17(22)20-16-5-7-19-21(16)10-14-6-8-23-11-14/h1-5,7,14H,6,8,10-12H2,(H,20,22). The van der Waals surface area contributed by atoms with Gasteiger partial charge in [0.25, 0.3) is 5.91 Å². The van der Waals surface area contributed by atoms with Crippen molar-refractivity contribution < 1.29 is 14.3 Å². The van der Waals surface area contributed by atoms with E-state index >= 15 is 0 Å². The second-order valence-corrected chi connectivity index (χ2v) is 5.60. The minimum Gasteiger partial charge on any atom is -0.484 e. The van der Waals surface area contributed by atoms with Gasteiger partial charge in [0.15, 0.2) is 6.61 Å². The van der Waals surface area contributed by atoms with Gasteiger partial charge >= 0.3 is 0 Å². The van der Waals surface area contributed by atoms with Crippen LogP contribution in [0.5, 0.6) is 5.75 Å². The van der Waals surface area contributed by atoms with E-state index in [0.717, 1.165) is 26.2 Å². The van der Waals surface area contributed by atoms with Gasteiger partial charge in [-0.05, 0) is 30.7 Å². The van der Waals surface area contributed by atoms with Crippen molar-refractivity contribution >= 4 is 11.7 Å². The SMILES string of the molecule is N#Cc1ccc(OCC(=O)Nc2ccnn2CC2CCOC2)cc1. The van der Waals surface area contributed by atoms with E-state index in [1.807, 2.05) is 6.07 Å². The first-order valence-corrected chi connectivity index (χ1v) is 7.77. The molecular weight excluding hydrogens is 308 g/mol. The molecule has 1 atom stereocenters. The van der Waals surface area contributed by atoms with E-state index in [2.05, 4.69) is 10.4 Å². The third-order valence-electron chi connectivity index (χ3n) is 3.79. The van der Waals surface area contributed by atoms with Crippen molar-refractivity contribution in [1.29, 1.82) is 5.26 Å². The zero-order valence-corrected chi connectivity index (χ0v) is 13.1. The zero-order chi connectivity index (χ0) is 16.8. The predicted molar refractivity (Wildman–Crippen MR) is 86.4 cm³/mol. The van der Waals surface area contributed by atoms with Crippen LogP contribution in [0.15, 0.2) is 36.5 Å². The maximum Gasteiger partial charge on any atom is 0.263 e. The highest BCUT2D eigenvalue weighted by Gasteiger charge is 2.18. The Kier molecular flexibility index (Phi) is 5.08. The van der Waals surface area contributed by atoms with Gasteiger partial charge in [-0.3, -0.25) is 4.79 Å². The first kappa shape index (κ1) is 16.0. The number of hydrogen-bond acceptors (Lipinski definition) is 5. The van der Waals surface area contributed by atoms with Crippen LogP contribution < -0.4 is 10.1 Å². The Hall–Kier alpha value is -2.85. The van der Waals surface area contributed by atoms with Gasteiger partial charge in [-0.2, -0.15) is 10.4 Å². The number of ether oxygens (including phenoxy) is 2. The molecule has 1 aliphatic rings. The van der Waals surface area contributed by atoms with Crippen LogP contribution in [0, 0.1) is 17.2 Å². The van der Waals surface area contributed by atoms with Gasteiger partial charge in [-0.25, -0.2) is 4.68 Å². The summed E-state index contributed by atoms with van der Waals surface area (Å²) in [5.41, 5.74) is 0.548. The van der Waals surface area contributed by atoms with Crippen molar-refractivity contribution in [1.82, 2.24) is 9.78 Å². The minimum atomic E-state index is -0.260. The summed E-state index contributed by atoms with van der Waals surface area (Å²) in [6.45, 7) is 2.13. The Balaban J connectivity index is 1.51. The van der Waals surface area contributed by atoms with Crippen molar-refractivity contribution in [3.8, 4) is 11.8 Å². The molecule has 0 radical (unpaired) electrons. The van der Waals surface area contributed by atoms with Gasteiger partial charge in [0, 0.05) is 25.1 Å². The average Bonchev–Trinajstić information content (AvgIpc) is 3.26. The van der Waals surface area contributed by atoms with Crippen molar-refractivity contribution in [2.75, 3.05) is 25.1 Å². The molecule has 0 spiro atoms. The van der Waals surface area contributed by atoms with Crippen LogP contribution in [0.4, 0.5) is 5.82 Å². The number of benzene rings is 1. The maximum absolute atomic E-state index is 12.0. The van der Waals surface area contributed by atoms with Crippen molar-refractivity contribution in [3.05, 3.63) is 42.1 Å². The fourth-order valence-corrected chi connectivity index (χ4v) is 2.51. The second kappa shape index (κ2) is 7.62. The van der Waals surface area contributed by atoms with Crippen LogP contribution in [-0.4, -0.2) is 35.5 Å². The molecule has 2 aromatic rings. The van der Waals surface area contributed by atoms with Crippen molar-refractivity contribution in [2.45, 2.75) is 13.0 Å². The van der Waals surface area contributed by atoms with Crippen LogP contribution in [0.25, 0.3) is 0 Å². The Labute approximate surface area is 139 Å². The highest BCUT2D eigenvalue weighted by Crippen LogP contribution is 2.17. The molecule has 0 saturated carbocycles. The summed E-state index contributed by atoms with van der Waals surface area (Å²) < 4.78 is 12.6. The number of nitrogens with one attached hydrogen (secondary N) is 1. The third kappa shape index (κ3) is 4.12. The molecule has 2 heterocycles. The summed E-state index contributed by atoms with van der Waals surface area (Å²) in [6.07, 6.45) is 2.67. The summed E-state index contributed by atoms with van der Waals surface area (Å²) in [5.74, 6) is 1.36. The molecule has 0 aliphatic carbocycles. The largest absolute Gasteiger partial charge is 0.484 e. The van der Waals surface area contributed by atoms with Crippen LogP contribution in [0.3, 0.4) is 0 Å². The van der Waals surface area contributed by atoms with E-state index < -0.39 is 0 Å². The number of nitriles is 1. The minimum absolute atomic E-state index is 0.108. The fourth-order valence-electron chi connectivity index (χ4n) is 2.51. The molecule has 1 amide bonds. The van der Waals surface area contributed by atoms with E-state index in [0.29, 0.717) is 23.0 Å². The van der Waals surface area contributed by atoms with Crippen LogP contribution in [0.1, 0.15) is 12.0 Å². The summed E-state index contributed by atoms with van der Waals surface area (Å²) in [4.78, 5) is 12.0.